The van der Waals surface area contributed by atoms with Crippen molar-refractivity contribution in [1.29, 1.82) is 0 Å². The Kier molecular flexibility index (Phi) is 7.14. The molecule has 0 unspecified atom stereocenters. The van der Waals surface area contributed by atoms with Crippen molar-refractivity contribution in [3.05, 3.63) is 11.1 Å². The molecule has 0 bridgehead atoms. The average Bonchev–Trinajstić information content (AvgIpc) is 3.14. The second-order valence-electron chi connectivity index (χ2n) is 4.81. The summed E-state index contributed by atoms with van der Waals surface area (Å²) in [7, 11) is 0. The number of esters is 1. The molecule has 1 aromatic heterocycles. The van der Waals surface area contributed by atoms with Crippen molar-refractivity contribution in [2.75, 3.05) is 25.5 Å². The minimum atomic E-state index is -0.279. The quantitative estimate of drug-likeness (QED) is 0.571. The third-order valence-electron chi connectivity index (χ3n) is 3.04. The molecule has 2 rings (SSSR count). The van der Waals surface area contributed by atoms with Crippen LogP contribution in [0.1, 0.15) is 25.5 Å². The molecule has 1 N–H and O–H groups in total. The highest BCUT2D eigenvalue weighted by molar-refractivity contribution is 8.01. The van der Waals surface area contributed by atoms with Gasteiger partial charge in [0.05, 0.1) is 30.6 Å². The Hall–Kier alpha value is -1.12. The third kappa shape index (κ3) is 5.94. The topological polar surface area (TPSA) is 77.5 Å². The Morgan fingerprint density at radius 3 is 3.18 bits per heavy atom. The van der Waals surface area contributed by atoms with E-state index >= 15 is 0 Å². The van der Waals surface area contributed by atoms with E-state index in [-0.39, 0.29) is 24.4 Å². The Morgan fingerprint density at radius 2 is 2.45 bits per heavy atom. The molecule has 0 saturated carbocycles. The molecule has 1 aliphatic rings. The van der Waals surface area contributed by atoms with Gasteiger partial charge in [0.15, 0.2) is 4.34 Å². The first-order valence-corrected chi connectivity index (χ1v) is 9.15. The lowest BCUT2D eigenvalue weighted by molar-refractivity contribution is -0.142. The number of rotatable bonds is 8. The number of aromatic nitrogens is 1. The Morgan fingerprint density at radius 1 is 1.59 bits per heavy atom. The summed E-state index contributed by atoms with van der Waals surface area (Å²) in [6.07, 6.45) is 2.41. The number of thiazole rings is 1. The van der Waals surface area contributed by atoms with E-state index in [4.69, 9.17) is 9.47 Å². The smallest absolute Gasteiger partial charge is 0.311 e. The maximum absolute atomic E-state index is 11.8. The molecule has 1 saturated heterocycles. The van der Waals surface area contributed by atoms with E-state index < -0.39 is 0 Å². The predicted molar refractivity (Wildman–Crippen MR) is 85.2 cm³/mol. The van der Waals surface area contributed by atoms with Gasteiger partial charge < -0.3 is 14.8 Å². The van der Waals surface area contributed by atoms with E-state index in [0.29, 0.717) is 24.6 Å². The highest BCUT2D eigenvalue weighted by atomic mass is 32.2. The normalized spacial score (nSPS) is 17.4. The summed E-state index contributed by atoms with van der Waals surface area (Å²) in [6, 6.07) is 0. The molecule has 1 aromatic rings. The highest BCUT2D eigenvalue weighted by Gasteiger charge is 2.16. The van der Waals surface area contributed by atoms with Crippen LogP contribution in [0.25, 0.3) is 0 Å². The van der Waals surface area contributed by atoms with E-state index in [9.17, 15) is 9.59 Å². The Balaban J connectivity index is 1.66. The second-order valence-corrected chi connectivity index (χ2v) is 6.89. The lowest BCUT2D eigenvalue weighted by Crippen LogP contribution is -2.32. The molecule has 0 aliphatic carbocycles. The fraction of sp³-hybridized carbons (Fsp3) is 0.643. The summed E-state index contributed by atoms with van der Waals surface area (Å²) in [6.45, 7) is 3.51. The fourth-order valence-corrected chi connectivity index (χ4v) is 3.68. The van der Waals surface area contributed by atoms with Crippen LogP contribution >= 0.6 is 23.1 Å². The van der Waals surface area contributed by atoms with Gasteiger partial charge in [-0.25, -0.2) is 4.98 Å². The maximum atomic E-state index is 11.8. The van der Waals surface area contributed by atoms with Crippen LogP contribution in [0.15, 0.2) is 9.72 Å². The maximum Gasteiger partial charge on any atom is 0.311 e. The zero-order valence-corrected chi connectivity index (χ0v) is 14.1. The molecule has 0 aromatic carbocycles. The summed E-state index contributed by atoms with van der Waals surface area (Å²) < 4.78 is 11.1. The van der Waals surface area contributed by atoms with Gasteiger partial charge in [-0.05, 0) is 19.8 Å². The van der Waals surface area contributed by atoms with Crippen LogP contribution in [0.3, 0.4) is 0 Å². The summed E-state index contributed by atoms with van der Waals surface area (Å²) in [5.74, 6) is 0.0142. The van der Waals surface area contributed by atoms with Crippen molar-refractivity contribution in [1.82, 2.24) is 10.3 Å². The standard InChI is InChI=1S/C14H20N2O4S2/c1-2-19-13(18)6-10-8-21-14(16-10)22-9-12(17)15-7-11-4-3-5-20-11/h8,11H,2-7,9H2,1H3,(H,15,17)/t11-/m0/s1. The Labute approximate surface area is 138 Å². The van der Waals surface area contributed by atoms with Crippen LogP contribution in [0, 0.1) is 0 Å². The fourth-order valence-electron chi connectivity index (χ4n) is 2.01. The van der Waals surface area contributed by atoms with Gasteiger partial charge in [-0.1, -0.05) is 11.8 Å². The molecular formula is C14H20N2O4S2. The summed E-state index contributed by atoms with van der Waals surface area (Å²) in [5, 5.41) is 4.69. The zero-order chi connectivity index (χ0) is 15.8. The number of hydrogen-bond donors (Lipinski definition) is 1. The molecule has 1 fully saturated rings. The molecule has 1 atom stereocenters. The lowest BCUT2D eigenvalue weighted by atomic mass is 10.2. The number of carbonyl (C=O) groups excluding carboxylic acids is 2. The van der Waals surface area contributed by atoms with E-state index in [0.717, 1.165) is 23.8 Å². The minimum absolute atomic E-state index is 0.0253. The van der Waals surface area contributed by atoms with Crippen molar-refractivity contribution in [3.8, 4) is 0 Å². The van der Waals surface area contributed by atoms with Crippen molar-refractivity contribution < 1.29 is 19.1 Å². The van der Waals surface area contributed by atoms with Crippen LogP contribution in [-0.2, 0) is 25.5 Å². The average molecular weight is 344 g/mol. The Bertz CT molecular complexity index is 501. The molecule has 22 heavy (non-hydrogen) atoms. The van der Waals surface area contributed by atoms with Crippen LogP contribution in [0.5, 0.6) is 0 Å². The van der Waals surface area contributed by atoms with Gasteiger partial charge >= 0.3 is 5.97 Å². The van der Waals surface area contributed by atoms with Gasteiger partial charge in [-0.2, -0.15) is 0 Å². The monoisotopic (exact) mass is 344 g/mol. The highest BCUT2D eigenvalue weighted by Crippen LogP contribution is 2.22. The number of carbonyl (C=O) groups is 2. The molecule has 1 aliphatic heterocycles. The minimum Gasteiger partial charge on any atom is -0.466 e. The van der Waals surface area contributed by atoms with Crippen LogP contribution < -0.4 is 5.32 Å². The van der Waals surface area contributed by atoms with E-state index in [1.165, 1.54) is 23.1 Å². The first kappa shape index (κ1) is 17.2. The summed E-state index contributed by atoms with van der Waals surface area (Å²) in [4.78, 5) is 27.4. The molecular weight excluding hydrogens is 324 g/mol. The molecule has 6 nitrogen and oxygen atoms in total. The van der Waals surface area contributed by atoms with Crippen molar-refractivity contribution in [2.45, 2.75) is 36.6 Å². The van der Waals surface area contributed by atoms with Crippen LogP contribution in [-0.4, -0.2) is 48.5 Å². The third-order valence-corrected chi connectivity index (χ3v) is 5.11. The largest absolute Gasteiger partial charge is 0.466 e. The van der Waals surface area contributed by atoms with E-state index in [1.807, 2.05) is 5.38 Å². The van der Waals surface area contributed by atoms with E-state index in [2.05, 4.69) is 10.3 Å². The SMILES string of the molecule is CCOC(=O)Cc1csc(SCC(=O)NC[C@@H]2CCCO2)n1. The molecule has 0 radical (unpaired) electrons. The summed E-state index contributed by atoms with van der Waals surface area (Å²) in [5.41, 5.74) is 0.686. The van der Waals surface area contributed by atoms with Gasteiger partial charge in [0.1, 0.15) is 0 Å². The van der Waals surface area contributed by atoms with E-state index in [1.54, 1.807) is 6.92 Å². The number of nitrogens with one attached hydrogen (secondary N) is 1. The van der Waals surface area contributed by atoms with Crippen LogP contribution in [0.2, 0.25) is 0 Å². The van der Waals surface area contributed by atoms with Gasteiger partial charge in [0, 0.05) is 18.5 Å². The number of thioether (sulfide) groups is 1. The van der Waals surface area contributed by atoms with Crippen molar-refractivity contribution in [3.63, 3.8) is 0 Å². The molecule has 0 spiro atoms. The predicted octanol–water partition coefficient (Wildman–Crippen LogP) is 1.64. The zero-order valence-electron chi connectivity index (χ0n) is 12.5. The molecule has 122 valence electrons. The number of hydrogen-bond acceptors (Lipinski definition) is 7. The second kappa shape index (κ2) is 9.12. The summed E-state index contributed by atoms with van der Waals surface area (Å²) >= 11 is 2.81. The first-order chi connectivity index (χ1) is 10.7. The first-order valence-electron chi connectivity index (χ1n) is 7.28. The van der Waals surface area contributed by atoms with Gasteiger partial charge in [0.2, 0.25) is 5.91 Å². The molecule has 2 heterocycles. The lowest BCUT2D eigenvalue weighted by Gasteiger charge is -2.10. The number of nitrogens with zero attached hydrogens (tertiary/aromatic N) is 1. The van der Waals surface area contributed by atoms with Crippen molar-refractivity contribution >= 4 is 35.0 Å². The van der Waals surface area contributed by atoms with Gasteiger partial charge in [0.25, 0.3) is 0 Å². The van der Waals surface area contributed by atoms with Gasteiger partial charge in [-0.3, -0.25) is 9.59 Å². The van der Waals surface area contributed by atoms with Crippen LogP contribution in [0.4, 0.5) is 0 Å². The molecule has 8 heteroatoms. The van der Waals surface area contributed by atoms with Crippen molar-refractivity contribution in [2.24, 2.45) is 0 Å². The van der Waals surface area contributed by atoms with Gasteiger partial charge in [-0.15, -0.1) is 11.3 Å². The number of amides is 1. The molecule has 1 amide bonds. The number of ether oxygens (including phenoxy) is 2.